The molecule has 1 atom stereocenters. The minimum Gasteiger partial charge on any atom is -0.478 e. The zero-order chi connectivity index (χ0) is 15.3. The van der Waals surface area contributed by atoms with Crippen molar-refractivity contribution >= 4 is 40.9 Å². The zero-order valence-electron chi connectivity index (χ0n) is 11.2. The maximum absolute atomic E-state index is 11.8. The molecule has 1 aromatic rings. The minimum atomic E-state index is -1.22. The molecular formula is C13H16Cl2N2O3. The van der Waals surface area contributed by atoms with Gasteiger partial charge < -0.3 is 15.7 Å². The number of urea groups is 1. The molecular weight excluding hydrogens is 303 g/mol. The summed E-state index contributed by atoms with van der Waals surface area (Å²) in [4.78, 5) is 22.9. The van der Waals surface area contributed by atoms with Gasteiger partial charge >= 0.3 is 12.0 Å². The topological polar surface area (TPSA) is 78.4 Å². The van der Waals surface area contributed by atoms with E-state index in [-0.39, 0.29) is 27.3 Å². The Labute approximate surface area is 127 Å². The fraction of sp³-hybridized carbons (Fsp3) is 0.385. The third-order valence-electron chi connectivity index (χ3n) is 2.62. The van der Waals surface area contributed by atoms with Crippen LogP contribution in [0.25, 0.3) is 0 Å². The van der Waals surface area contributed by atoms with Crippen LogP contribution in [-0.4, -0.2) is 23.1 Å². The summed E-state index contributed by atoms with van der Waals surface area (Å²) >= 11 is 11.7. The average Bonchev–Trinajstić information content (AvgIpc) is 2.32. The van der Waals surface area contributed by atoms with Gasteiger partial charge in [-0.05, 0) is 25.5 Å². The van der Waals surface area contributed by atoms with Crippen molar-refractivity contribution in [1.82, 2.24) is 5.32 Å². The van der Waals surface area contributed by atoms with Gasteiger partial charge in [0.2, 0.25) is 0 Å². The van der Waals surface area contributed by atoms with E-state index in [2.05, 4.69) is 10.6 Å². The summed E-state index contributed by atoms with van der Waals surface area (Å²) in [6.07, 6.45) is 1.76. The normalized spacial score (nSPS) is 11.8. The van der Waals surface area contributed by atoms with Crippen molar-refractivity contribution in [2.75, 3.05) is 5.32 Å². The Kier molecular flexibility index (Phi) is 6.10. The monoisotopic (exact) mass is 318 g/mol. The molecule has 110 valence electrons. The van der Waals surface area contributed by atoms with E-state index in [1.165, 1.54) is 12.1 Å². The summed E-state index contributed by atoms with van der Waals surface area (Å²) in [5, 5.41) is 14.5. The Morgan fingerprint density at radius 1 is 1.35 bits per heavy atom. The van der Waals surface area contributed by atoms with Crippen LogP contribution >= 0.6 is 23.2 Å². The van der Waals surface area contributed by atoms with Crippen LogP contribution in [0.3, 0.4) is 0 Å². The van der Waals surface area contributed by atoms with Gasteiger partial charge in [0.15, 0.2) is 0 Å². The van der Waals surface area contributed by atoms with Gasteiger partial charge in [0.1, 0.15) is 0 Å². The number of hydrogen-bond acceptors (Lipinski definition) is 2. The summed E-state index contributed by atoms with van der Waals surface area (Å²) in [6, 6.07) is 2.10. The summed E-state index contributed by atoms with van der Waals surface area (Å²) in [6.45, 7) is 3.87. The van der Waals surface area contributed by atoms with E-state index in [1.807, 2.05) is 13.8 Å². The SMILES string of the molecule is CCCC(C)NC(=O)Nc1c(Cl)cc(Cl)cc1C(=O)O. The summed E-state index contributed by atoms with van der Waals surface area (Å²) in [5.74, 6) is -1.22. The van der Waals surface area contributed by atoms with Gasteiger partial charge in [0, 0.05) is 11.1 Å². The molecule has 0 radical (unpaired) electrons. The predicted molar refractivity (Wildman–Crippen MR) is 79.9 cm³/mol. The van der Waals surface area contributed by atoms with Crippen molar-refractivity contribution in [1.29, 1.82) is 0 Å². The largest absolute Gasteiger partial charge is 0.478 e. The Balaban J connectivity index is 2.91. The molecule has 0 heterocycles. The quantitative estimate of drug-likeness (QED) is 0.767. The summed E-state index contributed by atoms with van der Waals surface area (Å²) in [7, 11) is 0. The molecule has 20 heavy (non-hydrogen) atoms. The van der Waals surface area contributed by atoms with Crippen molar-refractivity contribution in [3.8, 4) is 0 Å². The molecule has 1 rings (SSSR count). The van der Waals surface area contributed by atoms with E-state index in [4.69, 9.17) is 28.3 Å². The second kappa shape index (κ2) is 7.36. The van der Waals surface area contributed by atoms with E-state index in [1.54, 1.807) is 0 Å². The Hall–Kier alpha value is -1.46. The highest BCUT2D eigenvalue weighted by molar-refractivity contribution is 6.37. The van der Waals surface area contributed by atoms with Gasteiger partial charge in [-0.3, -0.25) is 0 Å². The third-order valence-corrected chi connectivity index (χ3v) is 3.14. The lowest BCUT2D eigenvalue weighted by atomic mass is 10.1. The first kappa shape index (κ1) is 16.6. The Morgan fingerprint density at radius 2 is 2.00 bits per heavy atom. The lowest BCUT2D eigenvalue weighted by Crippen LogP contribution is -2.36. The average molecular weight is 319 g/mol. The molecule has 0 saturated heterocycles. The van der Waals surface area contributed by atoms with Crippen molar-refractivity contribution in [2.24, 2.45) is 0 Å². The molecule has 0 spiro atoms. The number of rotatable bonds is 5. The van der Waals surface area contributed by atoms with Gasteiger partial charge in [0.25, 0.3) is 0 Å². The summed E-state index contributed by atoms with van der Waals surface area (Å²) in [5.41, 5.74) is -0.120. The molecule has 3 N–H and O–H groups in total. The highest BCUT2D eigenvalue weighted by Gasteiger charge is 2.17. The number of carbonyl (C=O) groups is 2. The Morgan fingerprint density at radius 3 is 2.55 bits per heavy atom. The fourth-order valence-corrected chi connectivity index (χ4v) is 2.29. The van der Waals surface area contributed by atoms with Crippen LogP contribution in [0.2, 0.25) is 10.0 Å². The number of hydrogen-bond donors (Lipinski definition) is 3. The first-order valence-electron chi connectivity index (χ1n) is 6.15. The molecule has 5 nitrogen and oxygen atoms in total. The van der Waals surface area contributed by atoms with Crippen LogP contribution in [-0.2, 0) is 0 Å². The minimum absolute atomic E-state index is 0.0145. The van der Waals surface area contributed by atoms with Gasteiger partial charge in [-0.15, -0.1) is 0 Å². The number of carbonyl (C=O) groups excluding carboxylic acids is 1. The fourth-order valence-electron chi connectivity index (χ4n) is 1.75. The van der Waals surface area contributed by atoms with E-state index in [0.717, 1.165) is 12.8 Å². The van der Waals surface area contributed by atoms with Gasteiger partial charge in [-0.1, -0.05) is 36.5 Å². The molecule has 1 unspecified atom stereocenters. The molecule has 0 aliphatic heterocycles. The van der Waals surface area contributed by atoms with E-state index >= 15 is 0 Å². The zero-order valence-corrected chi connectivity index (χ0v) is 12.7. The van der Waals surface area contributed by atoms with Crippen LogP contribution in [0.15, 0.2) is 12.1 Å². The van der Waals surface area contributed by atoms with Crippen LogP contribution in [0.1, 0.15) is 37.0 Å². The molecule has 0 aliphatic carbocycles. The van der Waals surface area contributed by atoms with Crippen LogP contribution in [0, 0.1) is 0 Å². The van der Waals surface area contributed by atoms with Crippen LogP contribution in [0.4, 0.5) is 10.5 Å². The first-order chi connectivity index (χ1) is 9.35. The second-order valence-electron chi connectivity index (χ2n) is 4.40. The summed E-state index contributed by atoms with van der Waals surface area (Å²) < 4.78 is 0. The van der Waals surface area contributed by atoms with Crippen molar-refractivity contribution < 1.29 is 14.7 Å². The number of anilines is 1. The van der Waals surface area contributed by atoms with Gasteiger partial charge in [-0.2, -0.15) is 0 Å². The standard InChI is InChI=1S/C13H16Cl2N2O3/c1-3-4-7(2)16-13(20)17-11-9(12(18)19)5-8(14)6-10(11)15/h5-7H,3-4H2,1-2H3,(H,18,19)(H2,16,17,20). The number of carboxylic acid groups (broad SMARTS) is 1. The molecule has 0 aromatic heterocycles. The molecule has 2 amide bonds. The maximum atomic E-state index is 11.8. The molecule has 1 aromatic carbocycles. The molecule has 7 heteroatoms. The van der Waals surface area contributed by atoms with Crippen molar-refractivity contribution in [3.63, 3.8) is 0 Å². The molecule has 0 bridgehead atoms. The van der Waals surface area contributed by atoms with Gasteiger partial charge in [0.05, 0.1) is 16.3 Å². The van der Waals surface area contributed by atoms with Crippen LogP contribution in [0.5, 0.6) is 0 Å². The third kappa shape index (κ3) is 4.58. The molecule has 0 aliphatic rings. The second-order valence-corrected chi connectivity index (χ2v) is 5.25. The number of nitrogens with one attached hydrogen (secondary N) is 2. The lowest BCUT2D eigenvalue weighted by Gasteiger charge is -2.15. The van der Waals surface area contributed by atoms with E-state index in [0.29, 0.717) is 0 Å². The van der Waals surface area contributed by atoms with E-state index in [9.17, 15) is 9.59 Å². The van der Waals surface area contributed by atoms with Crippen molar-refractivity contribution in [3.05, 3.63) is 27.7 Å². The lowest BCUT2D eigenvalue weighted by molar-refractivity contribution is 0.0698. The van der Waals surface area contributed by atoms with Crippen LogP contribution < -0.4 is 10.6 Å². The predicted octanol–water partition coefficient (Wildman–Crippen LogP) is 4.00. The highest BCUT2D eigenvalue weighted by Crippen LogP contribution is 2.30. The molecule has 0 saturated carbocycles. The number of halogens is 2. The van der Waals surface area contributed by atoms with E-state index < -0.39 is 12.0 Å². The number of carboxylic acids is 1. The number of amides is 2. The van der Waals surface area contributed by atoms with Crippen molar-refractivity contribution in [2.45, 2.75) is 32.7 Å². The number of aromatic carboxylic acids is 1. The number of benzene rings is 1. The highest BCUT2D eigenvalue weighted by atomic mass is 35.5. The maximum Gasteiger partial charge on any atom is 0.337 e. The van der Waals surface area contributed by atoms with Gasteiger partial charge in [-0.25, -0.2) is 9.59 Å². The smallest absolute Gasteiger partial charge is 0.337 e. The first-order valence-corrected chi connectivity index (χ1v) is 6.90. The Bertz CT molecular complexity index is 521. The molecule has 0 fully saturated rings.